The molecule has 12 nitrogen and oxygen atoms in total. The van der Waals surface area contributed by atoms with Gasteiger partial charge in [0.1, 0.15) is 24.3 Å². The number of carbonyl (C=O) groups is 1. The fourth-order valence-corrected chi connectivity index (χ4v) is 4.79. The van der Waals surface area contributed by atoms with E-state index in [1.165, 1.54) is 18.3 Å². The molecule has 2 aliphatic heterocycles. The van der Waals surface area contributed by atoms with Crippen molar-refractivity contribution in [2.45, 2.75) is 38.3 Å². The lowest BCUT2D eigenvalue weighted by atomic mass is 9.97. The topological polar surface area (TPSA) is 130 Å². The zero-order valence-corrected chi connectivity index (χ0v) is 22.5. The van der Waals surface area contributed by atoms with Crippen LogP contribution in [0.5, 0.6) is 17.5 Å². The Morgan fingerprint density at radius 1 is 1.14 bits per heavy atom. The van der Waals surface area contributed by atoms with E-state index >= 15 is 0 Å². The minimum Gasteiger partial charge on any atom is -0.489 e. The molecular weight excluding hydrogens is 563 g/mol. The third-order valence-corrected chi connectivity index (χ3v) is 6.90. The van der Waals surface area contributed by atoms with Crippen molar-refractivity contribution in [2.75, 3.05) is 36.5 Å². The summed E-state index contributed by atoms with van der Waals surface area (Å²) in [5.41, 5.74) is 0.626. The summed E-state index contributed by atoms with van der Waals surface area (Å²) < 4.78 is 59.3. The van der Waals surface area contributed by atoms with Crippen molar-refractivity contribution in [1.82, 2.24) is 9.55 Å². The van der Waals surface area contributed by atoms with Gasteiger partial charge in [-0.2, -0.15) is 0 Å². The molecule has 3 heterocycles. The van der Waals surface area contributed by atoms with Crippen molar-refractivity contribution in [3.63, 3.8) is 0 Å². The monoisotopic (exact) mass is 591 g/mol. The van der Waals surface area contributed by atoms with E-state index in [4.69, 9.17) is 14.2 Å². The predicted octanol–water partition coefficient (Wildman–Crippen LogP) is 5.39. The summed E-state index contributed by atoms with van der Waals surface area (Å²) in [5, 5.41) is 13.4. The molecule has 0 spiro atoms. The Bertz CT molecular complexity index is 1380. The molecule has 2 aromatic carbocycles. The number of imidazole rings is 1. The lowest BCUT2D eigenvalue weighted by Crippen LogP contribution is -2.38. The summed E-state index contributed by atoms with van der Waals surface area (Å²) in [4.78, 5) is 28.6. The number of carbonyl (C=O) groups excluding carboxylic acids is 1. The van der Waals surface area contributed by atoms with E-state index in [2.05, 4.69) is 19.9 Å². The minimum absolute atomic E-state index is 0.181. The Hall–Kier alpha value is -4.69. The maximum absolute atomic E-state index is 12.3. The fourth-order valence-electron chi connectivity index (χ4n) is 4.79. The van der Waals surface area contributed by atoms with Crippen LogP contribution in [-0.2, 0) is 11.3 Å². The van der Waals surface area contributed by atoms with Gasteiger partial charge in [0, 0.05) is 29.4 Å². The van der Waals surface area contributed by atoms with Crippen molar-refractivity contribution in [3.05, 3.63) is 64.8 Å². The number of nitrogens with zero attached hydrogens (tertiary/aromatic N) is 4. The van der Waals surface area contributed by atoms with Gasteiger partial charge in [-0.15, -0.1) is 13.2 Å². The van der Waals surface area contributed by atoms with Crippen molar-refractivity contribution in [2.24, 2.45) is 5.92 Å². The van der Waals surface area contributed by atoms with Gasteiger partial charge in [-0.3, -0.25) is 9.88 Å². The summed E-state index contributed by atoms with van der Waals surface area (Å²) in [6, 6.07) is 12.7. The molecule has 1 amide bonds. The number of nitro groups is 1. The first-order chi connectivity index (χ1) is 19.9. The van der Waals surface area contributed by atoms with Crippen LogP contribution >= 0.6 is 0 Å². The molecule has 0 aliphatic carbocycles. The number of nitrogens with one attached hydrogen (secondary N) is 1. The quantitative estimate of drug-likeness (QED) is 0.257. The lowest BCUT2D eigenvalue weighted by Gasteiger charge is -2.33. The summed E-state index contributed by atoms with van der Waals surface area (Å²) in [5.74, 6) is 0.210. The number of halogens is 3. The number of hydrogen-bond acceptors (Lipinski definition) is 9. The molecule has 0 saturated carbocycles. The molecule has 224 valence electrons. The fraction of sp³-hybridized carbons (Fsp3) is 0.407. The van der Waals surface area contributed by atoms with Gasteiger partial charge in [0.2, 0.25) is 0 Å². The highest BCUT2D eigenvalue weighted by molar-refractivity contribution is 5.84. The van der Waals surface area contributed by atoms with Crippen LogP contribution in [0.3, 0.4) is 0 Å². The highest BCUT2D eigenvalue weighted by Gasteiger charge is 2.41. The molecule has 1 aromatic heterocycles. The van der Waals surface area contributed by atoms with Crippen molar-refractivity contribution in [1.29, 1.82) is 0 Å². The van der Waals surface area contributed by atoms with E-state index in [0.717, 1.165) is 43.8 Å². The van der Waals surface area contributed by atoms with E-state index in [-0.39, 0.29) is 36.7 Å². The zero-order chi connectivity index (χ0) is 29.9. The molecule has 0 bridgehead atoms. The second-order valence-electron chi connectivity index (χ2n) is 10.3. The van der Waals surface area contributed by atoms with Crippen LogP contribution in [-0.4, -0.2) is 58.8 Å². The normalized spacial score (nSPS) is 18.6. The van der Waals surface area contributed by atoms with Crippen LogP contribution in [0.15, 0.2) is 54.7 Å². The highest BCUT2D eigenvalue weighted by Crippen LogP contribution is 2.32. The van der Waals surface area contributed by atoms with Gasteiger partial charge < -0.3 is 34.0 Å². The number of hydrogen-bond donors (Lipinski definition) is 1. The number of rotatable bonds is 9. The van der Waals surface area contributed by atoms with E-state index in [9.17, 15) is 28.1 Å². The van der Waals surface area contributed by atoms with Crippen molar-refractivity contribution >= 4 is 23.3 Å². The molecule has 2 aliphatic rings. The molecule has 1 saturated heterocycles. The van der Waals surface area contributed by atoms with E-state index < -0.39 is 23.0 Å². The third kappa shape index (κ3) is 7.33. The van der Waals surface area contributed by atoms with Gasteiger partial charge in [-0.1, -0.05) is 0 Å². The van der Waals surface area contributed by atoms with Crippen molar-refractivity contribution < 1.29 is 41.8 Å². The largest absolute Gasteiger partial charge is 0.573 e. The summed E-state index contributed by atoms with van der Waals surface area (Å²) >= 11 is 0. The molecule has 1 fully saturated rings. The molecule has 1 N–H and O–H groups in total. The van der Waals surface area contributed by atoms with E-state index in [1.54, 1.807) is 4.57 Å². The Morgan fingerprint density at radius 3 is 2.43 bits per heavy atom. The van der Waals surface area contributed by atoms with E-state index in [0.29, 0.717) is 18.0 Å². The van der Waals surface area contributed by atoms with E-state index in [1.807, 2.05) is 31.2 Å². The summed E-state index contributed by atoms with van der Waals surface area (Å²) in [6.07, 6.45) is -2.48. The van der Waals surface area contributed by atoms with Gasteiger partial charge in [0.15, 0.2) is 5.60 Å². The van der Waals surface area contributed by atoms with Crippen LogP contribution in [0.25, 0.3) is 0 Å². The Labute approximate surface area is 238 Å². The number of ether oxygens (including phenoxy) is 4. The van der Waals surface area contributed by atoms with Gasteiger partial charge in [-0.05, 0) is 79.1 Å². The van der Waals surface area contributed by atoms with Crippen LogP contribution in [0.1, 0.15) is 19.8 Å². The number of aromatic nitrogens is 2. The second-order valence-corrected chi connectivity index (χ2v) is 10.3. The maximum Gasteiger partial charge on any atom is 0.573 e. The number of piperidine rings is 1. The number of amides is 1. The molecule has 42 heavy (non-hydrogen) atoms. The van der Waals surface area contributed by atoms with Gasteiger partial charge in [-0.25, -0.2) is 4.79 Å². The third-order valence-electron chi connectivity index (χ3n) is 6.90. The van der Waals surface area contributed by atoms with Crippen molar-refractivity contribution in [3.8, 4) is 17.5 Å². The molecule has 1 atom stereocenters. The number of anilines is 2. The van der Waals surface area contributed by atoms with Crippen LogP contribution in [0.2, 0.25) is 0 Å². The van der Waals surface area contributed by atoms with Gasteiger partial charge >= 0.3 is 24.3 Å². The van der Waals surface area contributed by atoms with Gasteiger partial charge in [0.25, 0.3) is 0 Å². The molecule has 5 rings (SSSR count). The zero-order valence-electron chi connectivity index (χ0n) is 22.5. The number of fused-ring (bicyclic) bond motifs is 1. The second kappa shape index (κ2) is 11.7. The summed E-state index contributed by atoms with van der Waals surface area (Å²) in [6.45, 7) is 4.26. The highest BCUT2D eigenvalue weighted by atomic mass is 19.4. The first kappa shape index (κ1) is 28.8. The summed E-state index contributed by atoms with van der Waals surface area (Å²) in [7, 11) is 0. The van der Waals surface area contributed by atoms with Gasteiger partial charge in [0.05, 0.1) is 13.2 Å². The standard InChI is InChI=1S/C27H28F3N5O7/c1-26(16-34-14-23(35(37)38)32-24(34)42-26)17-40-21-8-4-20(5-9-21)33-12-10-18(11-13-33)15-39-25(36)31-19-2-6-22(7-3-19)41-27(28,29)30/h2-9,14,18H,10-13,15-17H2,1H3,(H,31,36). The average Bonchev–Trinajstić information content (AvgIpc) is 3.47. The Morgan fingerprint density at radius 2 is 1.81 bits per heavy atom. The SMILES string of the molecule is CC1(COc2ccc(N3CCC(COC(=O)Nc4ccc(OC(F)(F)F)cc4)CC3)cc2)Cn2cc([N+](=O)[O-])nc2O1. The molecule has 3 aromatic rings. The number of benzene rings is 2. The Kier molecular flexibility index (Phi) is 8.00. The minimum atomic E-state index is -4.78. The molecular formula is C27H28F3N5O7. The Balaban J connectivity index is 1.01. The first-order valence-electron chi connectivity index (χ1n) is 13.1. The first-order valence-corrected chi connectivity index (χ1v) is 13.1. The molecule has 1 unspecified atom stereocenters. The smallest absolute Gasteiger partial charge is 0.489 e. The van der Waals surface area contributed by atoms with Crippen LogP contribution < -0.4 is 24.4 Å². The van der Waals surface area contributed by atoms with Crippen LogP contribution in [0, 0.1) is 16.0 Å². The predicted molar refractivity (Wildman–Crippen MR) is 143 cm³/mol. The lowest BCUT2D eigenvalue weighted by molar-refractivity contribution is -0.389. The maximum atomic E-state index is 12.3. The molecule has 15 heteroatoms. The average molecular weight is 592 g/mol. The van der Waals surface area contributed by atoms with Crippen LogP contribution in [0.4, 0.5) is 35.2 Å². The molecule has 0 radical (unpaired) electrons. The number of alkyl halides is 3.